The Morgan fingerprint density at radius 1 is 1.27 bits per heavy atom. The number of aromatic nitrogens is 3. The Morgan fingerprint density at radius 3 is 2.85 bits per heavy atom. The quantitative estimate of drug-likeness (QED) is 0.769. The molecule has 1 N–H and O–H groups in total. The summed E-state index contributed by atoms with van der Waals surface area (Å²) in [5, 5.41) is 3.22. The van der Waals surface area contributed by atoms with Gasteiger partial charge in [0.15, 0.2) is 5.82 Å². The van der Waals surface area contributed by atoms with E-state index in [1.807, 2.05) is 13.8 Å². The van der Waals surface area contributed by atoms with Gasteiger partial charge in [-0.2, -0.15) is 0 Å². The largest absolute Gasteiger partial charge is 0.342 e. The summed E-state index contributed by atoms with van der Waals surface area (Å²) in [6, 6.07) is 6.67. The van der Waals surface area contributed by atoms with Gasteiger partial charge in [-0.05, 0) is 36.6 Å². The number of carbonyl (C=O) groups excluding carboxylic acids is 1. The number of amides is 1. The van der Waals surface area contributed by atoms with E-state index in [2.05, 4.69) is 15.3 Å². The van der Waals surface area contributed by atoms with Crippen molar-refractivity contribution in [3.8, 4) is 5.82 Å². The molecule has 0 aliphatic carbocycles. The molecule has 0 fully saturated rings. The molecule has 1 amide bonds. The maximum absolute atomic E-state index is 13.7. The van der Waals surface area contributed by atoms with E-state index in [4.69, 9.17) is 0 Å². The number of nitrogens with zero attached hydrogens (tertiary/aromatic N) is 3. The fraction of sp³-hybridized carbons (Fsp3) is 0.263. The van der Waals surface area contributed by atoms with Crippen LogP contribution >= 0.6 is 0 Å². The standard InChI is InChI=1S/C19H17FN4O2/c1-10(2)8-15-17-22-14-9-11(20)5-6-12(14)19(26)24(17)16-13(18(25)23-15)4-3-7-21-16/h3-7,9-10,15H,8H2,1-2H3,(H,23,25). The van der Waals surface area contributed by atoms with Gasteiger partial charge in [0, 0.05) is 12.3 Å². The molecule has 26 heavy (non-hydrogen) atoms. The van der Waals surface area contributed by atoms with Crippen LogP contribution in [0, 0.1) is 11.7 Å². The molecule has 1 aliphatic heterocycles. The molecule has 2 aromatic heterocycles. The number of fused-ring (bicyclic) bond motifs is 4. The minimum atomic E-state index is -0.475. The van der Waals surface area contributed by atoms with Gasteiger partial charge in [-0.15, -0.1) is 0 Å². The second-order valence-electron chi connectivity index (χ2n) is 6.80. The van der Waals surface area contributed by atoms with E-state index < -0.39 is 11.9 Å². The number of nitrogens with one attached hydrogen (secondary N) is 1. The molecule has 6 nitrogen and oxygen atoms in total. The summed E-state index contributed by atoms with van der Waals surface area (Å²) in [6.07, 6.45) is 2.12. The third kappa shape index (κ3) is 2.56. The minimum absolute atomic E-state index is 0.245. The monoisotopic (exact) mass is 352 g/mol. The number of hydrogen-bond donors (Lipinski definition) is 1. The zero-order chi connectivity index (χ0) is 18.4. The first-order valence-corrected chi connectivity index (χ1v) is 8.44. The summed E-state index contributed by atoms with van der Waals surface area (Å²) in [6.45, 7) is 4.04. The lowest BCUT2D eigenvalue weighted by Crippen LogP contribution is -2.31. The van der Waals surface area contributed by atoms with Crippen LogP contribution in [0.2, 0.25) is 0 Å². The first kappa shape index (κ1) is 16.4. The van der Waals surface area contributed by atoms with E-state index in [9.17, 15) is 14.0 Å². The van der Waals surface area contributed by atoms with E-state index >= 15 is 0 Å². The van der Waals surface area contributed by atoms with Crippen molar-refractivity contribution >= 4 is 16.8 Å². The molecule has 1 atom stereocenters. The Bertz CT molecular complexity index is 1090. The Morgan fingerprint density at radius 2 is 2.08 bits per heavy atom. The van der Waals surface area contributed by atoms with Crippen LogP contribution in [0.4, 0.5) is 4.39 Å². The van der Waals surface area contributed by atoms with Crippen molar-refractivity contribution in [2.45, 2.75) is 26.3 Å². The highest BCUT2D eigenvalue weighted by molar-refractivity contribution is 5.98. The van der Waals surface area contributed by atoms with Crippen LogP contribution in [0.3, 0.4) is 0 Å². The molecule has 7 heteroatoms. The maximum atomic E-state index is 13.7. The molecule has 1 aliphatic rings. The van der Waals surface area contributed by atoms with Crippen molar-refractivity contribution in [3.05, 3.63) is 64.1 Å². The molecule has 3 aromatic rings. The number of benzene rings is 1. The number of pyridine rings is 1. The van der Waals surface area contributed by atoms with Gasteiger partial charge in [0.05, 0.1) is 22.5 Å². The first-order valence-electron chi connectivity index (χ1n) is 8.44. The van der Waals surface area contributed by atoms with E-state index in [1.165, 1.54) is 29.0 Å². The smallest absolute Gasteiger partial charge is 0.267 e. The van der Waals surface area contributed by atoms with Crippen molar-refractivity contribution in [1.82, 2.24) is 19.9 Å². The fourth-order valence-electron chi connectivity index (χ4n) is 3.30. The molecule has 0 bridgehead atoms. The summed E-state index contributed by atoms with van der Waals surface area (Å²) >= 11 is 0. The highest BCUT2D eigenvalue weighted by Gasteiger charge is 2.30. The highest BCUT2D eigenvalue weighted by atomic mass is 19.1. The van der Waals surface area contributed by atoms with E-state index in [0.29, 0.717) is 17.8 Å². The molecule has 0 radical (unpaired) electrons. The van der Waals surface area contributed by atoms with Crippen LogP contribution in [0.15, 0.2) is 41.3 Å². The van der Waals surface area contributed by atoms with Gasteiger partial charge in [-0.3, -0.25) is 9.59 Å². The predicted octanol–water partition coefficient (Wildman–Crippen LogP) is 2.75. The lowest BCUT2D eigenvalue weighted by Gasteiger charge is -2.20. The minimum Gasteiger partial charge on any atom is -0.342 e. The highest BCUT2D eigenvalue weighted by Crippen LogP contribution is 2.27. The van der Waals surface area contributed by atoms with Crippen LogP contribution in [0.1, 0.15) is 42.5 Å². The Balaban J connectivity index is 2.10. The molecule has 0 saturated carbocycles. The van der Waals surface area contributed by atoms with Crippen molar-refractivity contribution < 1.29 is 9.18 Å². The Hall–Kier alpha value is -3.09. The molecule has 1 aromatic carbocycles. The summed E-state index contributed by atoms with van der Waals surface area (Å²) in [4.78, 5) is 34.6. The second-order valence-corrected chi connectivity index (χ2v) is 6.80. The van der Waals surface area contributed by atoms with Crippen molar-refractivity contribution in [2.75, 3.05) is 0 Å². The van der Waals surface area contributed by atoms with Gasteiger partial charge in [0.1, 0.15) is 11.6 Å². The second kappa shape index (κ2) is 6.01. The van der Waals surface area contributed by atoms with Gasteiger partial charge >= 0.3 is 0 Å². The number of hydrogen-bond acceptors (Lipinski definition) is 4. The lowest BCUT2D eigenvalue weighted by atomic mass is 10.0. The molecule has 4 rings (SSSR count). The lowest BCUT2D eigenvalue weighted by molar-refractivity contribution is 0.0933. The first-order chi connectivity index (χ1) is 12.5. The van der Waals surface area contributed by atoms with Crippen LogP contribution in [-0.4, -0.2) is 20.4 Å². The molecular weight excluding hydrogens is 335 g/mol. The topological polar surface area (TPSA) is 76.9 Å². The fourth-order valence-corrected chi connectivity index (χ4v) is 3.30. The normalized spacial score (nSPS) is 16.2. The van der Waals surface area contributed by atoms with Crippen molar-refractivity contribution in [3.63, 3.8) is 0 Å². The molecule has 0 saturated heterocycles. The molecule has 3 heterocycles. The van der Waals surface area contributed by atoms with Crippen LogP contribution < -0.4 is 10.9 Å². The number of carbonyl (C=O) groups is 1. The van der Waals surface area contributed by atoms with Crippen molar-refractivity contribution in [2.24, 2.45) is 5.92 Å². The van der Waals surface area contributed by atoms with Crippen LogP contribution in [0.25, 0.3) is 16.7 Å². The van der Waals surface area contributed by atoms with Gasteiger partial charge in [-0.1, -0.05) is 13.8 Å². The third-order valence-electron chi connectivity index (χ3n) is 4.42. The zero-order valence-electron chi connectivity index (χ0n) is 14.4. The third-order valence-corrected chi connectivity index (χ3v) is 4.42. The SMILES string of the molecule is CC(C)CC1NC(=O)c2cccnc2-n2c1nc1cc(F)ccc1c2=O. The molecule has 132 valence electrons. The molecular formula is C19H17FN4O2. The Kier molecular flexibility index (Phi) is 3.79. The van der Waals surface area contributed by atoms with E-state index in [-0.39, 0.29) is 34.1 Å². The summed E-state index contributed by atoms with van der Waals surface area (Å²) in [5.74, 6) is 0.0930. The van der Waals surface area contributed by atoms with E-state index in [1.54, 1.807) is 12.1 Å². The summed E-state index contributed by atoms with van der Waals surface area (Å²) < 4.78 is 15.0. The number of halogens is 1. The van der Waals surface area contributed by atoms with Crippen molar-refractivity contribution in [1.29, 1.82) is 0 Å². The Labute approximate surface area is 148 Å². The molecule has 0 spiro atoms. The average Bonchev–Trinajstić information content (AvgIpc) is 2.70. The van der Waals surface area contributed by atoms with Gasteiger partial charge in [0.2, 0.25) is 0 Å². The van der Waals surface area contributed by atoms with E-state index in [0.717, 1.165) is 0 Å². The summed E-state index contributed by atoms with van der Waals surface area (Å²) in [7, 11) is 0. The number of rotatable bonds is 2. The van der Waals surface area contributed by atoms with Gasteiger partial charge in [0.25, 0.3) is 11.5 Å². The van der Waals surface area contributed by atoms with Gasteiger partial charge < -0.3 is 5.32 Å². The zero-order valence-corrected chi connectivity index (χ0v) is 14.4. The van der Waals surface area contributed by atoms with Gasteiger partial charge in [-0.25, -0.2) is 18.9 Å². The summed E-state index contributed by atoms with van der Waals surface area (Å²) in [5.41, 5.74) is 0.212. The maximum Gasteiger partial charge on any atom is 0.267 e. The van der Waals surface area contributed by atoms with Crippen LogP contribution in [0.5, 0.6) is 0 Å². The van der Waals surface area contributed by atoms with Crippen LogP contribution in [-0.2, 0) is 0 Å². The predicted molar refractivity (Wildman–Crippen MR) is 94.8 cm³/mol. The average molecular weight is 352 g/mol. The molecule has 1 unspecified atom stereocenters.